The Morgan fingerprint density at radius 3 is 3.00 bits per heavy atom. The van der Waals surface area contributed by atoms with Crippen LogP contribution < -0.4 is 14.8 Å². The number of carbonyl (C=O) groups excluding carboxylic acids is 1. The Hall–Kier alpha value is -3.86. The second kappa shape index (κ2) is 8.49. The van der Waals surface area contributed by atoms with Gasteiger partial charge < -0.3 is 14.8 Å². The molecule has 1 aromatic carbocycles. The molecule has 0 aliphatic rings. The van der Waals surface area contributed by atoms with Gasteiger partial charge in [0, 0.05) is 12.3 Å². The first kappa shape index (κ1) is 17.9. The molecular weight excluding hydrogens is 346 g/mol. The number of nitriles is 1. The molecule has 0 spiro atoms. The molecule has 27 heavy (non-hydrogen) atoms. The van der Waals surface area contributed by atoms with Crippen molar-refractivity contribution in [2.75, 3.05) is 13.7 Å². The first-order valence-corrected chi connectivity index (χ1v) is 8.13. The average molecular weight is 363 g/mol. The minimum atomic E-state index is -0.258. The predicted molar refractivity (Wildman–Crippen MR) is 98.0 cm³/mol. The van der Waals surface area contributed by atoms with Gasteiger partial charge in [-0.3, -0.25) is 9.20 Å². The van der Waals surface area contributed by atoms with Crippen LogP contribution in [0.5, 0.6) is 11.5 Å². The molecule has 0 aliphatic carbocycles. The summed E-state index contributed by atoms with van der Waals surface area (Å²) in [5, 5.41) is 19.5. The number of methoxy groups -OCH3 is 1. The highest BCUT2D eigenvalue weighted by Crippen LogP contribution is 2.28. The third-order valence-corrected chi connectivity index (χ3v) is 3.71. The molecule has 0 radical (unpaired) electrons. The summed E-state index contributed by atoms with van der Waals surface area (Å²) in [7, 11) is 1.51. The van der Waals surface area contributed by atoms with E-state index in [2.05, 4.69) is 15.5 Å². The fraction of sp³-hybridized carbons (Fsp3) is 0.158. The maximum Gasteiger partial charge on any atom is 0.244 e. The number of hydrogen-bond donors (Lipinski definition) is 1. The molecule has 3 rings (SSSR count). The number of aromatic nitrogens is 3. The van der Waals surface area contributed by atoms with Crippen molar-refractivity contribution < 1.29 is 14.3 Å². The van der Waals surface area contributed by atoms with Crippen LogP contribution in [0.4, 0.5) is 0 Å². The van der Waals surface area contributed by atoms with E-state index < -0.39 is 0 Å². The first-order chi connectivity index (χ1) is 13.2. The monoisotopic (exact) mass is 363 g/mol. The van der Waals surface area contributed by atoms with Gasteiger partial charge in [-0.1, -0.05) is 12.1 Å². The Morgan fingerprint density at radius 2 is 2.19 bits per heavy atom. The van der Waals surface area contributed by atoms with E-state index in [-0.39, 0.29) is 19.1 Å². The summed E-state index contributed by atoms with van der Waals surface area (Å²) >= 11 is 0. The molecule has 0 atom stereocenters. The number of ether oxygens (including phenoxy) is 2. The summed E-state index contributed by atoms with van der Waals surface area (Å²) in [5.74, 6) is 1.35. The van der Waals surface area contributed by atoms with Crippen LogP contribution in [0.25, 0.3) is 11.7 Å². The first-order valence-electron chi connectivity index (χ1n) is 8.13. The van der Waals surface area contributed by atoms with Crippen LogP contribution >= 0.6 is 0 Å². The van der Waals surface area contributed by atoms with E-state index in [1.54, 1.807) is 24.3 Å². The SMILES string of the molecule is COc1cc(/C=C/C(=O)NCc2nnc3ccccn23)ccc1OCC#N. The fourth-order valence-electron chi connectivity index (χ4n) is 2.43. The van der Waals surface area contributed by atoms with Crippen molar-refractivity contribution in [2.45, 2.75) is 6.54 Å². The Labute approximate surface area is 155 Å². The molecule has 2 aromatic heterocycles. The highest BCUT2D eigenvalue weighted by atomic mass is 16.5. The van der Waals surface area contributed by atoms with Crippen LogP contribution in [0.2, 0.25) is 0 Å². The number of fused-ring (bicyclic) bond motifs is 1. The van der Waals surface area contributed by atoms with Crippen molar-refractivity contribution in [1.29, 1.82) is 5.26 Å². The molecule has 2 heterocycles. The number of benzene rings is 1. The molecule has 136 valence electrons. The lowest BCUT2D eigenvalue weighted by Crippen LogP contribution is -2.21. The summed E-state index contributed by atoms with van der Waals surface area (Å²) in [5.41, 5.74) is 1.49. The maximum atomic E-state index is 12.1. The highest BCUT2D eigenvalue weighted by Gasteiger charge is 2.06. The van der Waals surface area contributed by atoms with Crippen molar-refractivity contribution in [2.24, 2.45) is 0 Å². The number of carbonyl (C=O) groups is 1. The Kier molecular flexibility index (Phi) is 5.64. The standard InChI is InChI=1S/C19H17N5O3/c1-26-16-12-14(5-7-15(16)27-11-9-20)6-8-19(25)21-13-18-23-22-17-4-2-3-10-24(17)18/h2-8,10,12H,11,13H2,1H3,(H,21,25)/b8-6+. The van der Waals surface area contributed by atoms with Crippen LogP contribution in [0.3, 0.4) is 0 Å². The van der Waals surface area contributed by atoms with Crippen molar-refractivity contribution >= 4 is 17.6 Å². The van der Waals surface area contributed by atoms with Crippen LogP contribution in [-0.2, 0) is 11.3 Å². The van der Waals surface area contributed by atoms with E-state index in [0.29, 0.717) is 17.3 Å². The van der Waals surface area contributed by atoms with Gasteiger partial charge in [-0.05, 0) is 35.9 Å². The van der Waals surface area contributed by atoms with Gasteiger partial charge in [0.2, 0.25) is 5.91 Å². The summed E-state index contributed by atoms with van der Waals surface area (Å²) < 4.78 is 12.3. The number of pyridine rings is 1. The normalized spacial score (nSPS) is 10.7. The fourth-order valence-corrected chi connectivity index (χ4v) is 2.43. The van der Waals surface area contributed by atoms with Gasteiger partial charge >= 0.3 is 0 Å². The molecule has 0 saturated carbocycles. The van der Waals surface area contributed by atoms with Crippen LogP contribution in [0, 0.1) is 11.3 Å². The van der Waals surface area contributed by atoms with Gasteiger partial charge in [0.15, 0.2) is 29.6 Å². The number of amides is 1. The third-order valence-electron chi connectivity index (χ3n) is 3.71. The Morgan fingerprint density at radius 1 is 1.30 bits per heavy atom. The molecule has 8 nitrogen and oxygen atoms in total. The van der Waals surface area contributed by atoms with E-state index in [4.69, 9.17) is 14.7 Å². The molecule has 0 unspecified atom stereocenters. The molecule has 1 amide bonds. The lowest BCUT2D eigenvalue weighted by atomic mass is 10.2. The molecular formula is C19H17N5O3. The number of nitrogens with one attached hydrogen (secondary N) is 1. The second-order valence-corrected chi connectivity index (χ2v) is 5.45. The van der Waals surface area contributed by atoms with E-state index in [1.165, 1.54) is 13.2 Å². The molecule has 0 fully saturated rings. The number of hydrogen-bond acceptors (Lipinski definition) is 6. The van der Waals surface area contributed by atoms with Crippen molar-refractivity contribution in [3.8, 4) is 17.6 Å². The zero-order valence-corrected chi connectivity index (χ0v) is 14.6. The van der Waals surface area contributed by atoms with E-state index in [0.717, 1.165) is 11.2 Å². The second-order valence-electron chi connectivity index (χ2n) is 5.45. The minimum absolute atomic E-state index is 0.0642. The Balaban J connectivity index is 1.62. The average Bonchev–Trinajstić information content (AvgIpc) is 3.12. The molecule has 3 aromatic rings. The van der Waals surface area contributed by atoms with Gasteiger partial charge in [0.1, 0.15) is 6.07 Å². The predicted octanol–water partition coefficient (Wildman–Crippen LogP) is 1.97. The van der Waals surface area contributed by atoms with Crippen LogP contribution in [0.15, 0.2) is 48.7 Å². The van der Waals surface area contributed by atoms with Gasteiger partial charge in [0.05, 0.1) is 13.7 Å². The van der Waals surface area contributed by atoms with E-state index in [9.17, 15) is 4.79 Å². The van der Waals surface area contributed by atoms with Crippen LogP contribution in [0.1, 0.15) is 11.4 Å². The summed E-state index contributed by atoms with van der Waals surface area (Å²) in [4.78, 5) is 12.1. The zero-order valence-electron chi connectivity index (χ0n) is 14.6. The smallest absolute Gasteiger partial charge is 0.244 e. The van der Waals surface area contributed by atoms with Crippen molar-refractivity contribution in [3.05, 3.63) is 60.1 Å². The van der Waals surface area contributed by atoms with Crippen molar-refractivity contribution in [1.82, 2.24) is 19.9 Å². The topological polar surface area (TPSA) is 102 Å². The quantitative estimate of drug-likeness (QED) is 0.644. The molecule has 0 saturated heterocycles. The maximum absolute atomic E-state index is 12.1. The Bertz CT molecular complexity index is 1020. The molecule has 8 heteroatoms. The van der Waals surface area contributed by atoms with Gasteiger partial charge in [0.25, 0.3) is 0 Å². The molecule has 1 N–H and O–H groups in total. The van der Waals surface area contributed by atoms with Gasteiger partial charge in [-0.25, -0.2) is 0 Å². The molecule has 0 bridgehead atoms. The van der Waals surface area contributed by atoms with Crippen LogP contribution in [-0.4, -0.2) is 34.2 Å². The number of nitrogens with zero attached hydrogens (tertiary/aromatic N) is 4. The number of rotatable bonds is 7. The highest BCUT2D eigenvalue weighted by molar-refractivity contribution is 5.91. The van der Waals surface area contributed by atoms with E-state index in [1.807, 2.05) is 34.9 Å². The molecule has 0 aliphatic heterocycles. The summed E-state index contributed by atoms with van der Waals surface area (Å²) in [6.45, 7) is 0.198. The zero-order chi connectivity index (χ0) is 19.1. The lowest BCUT2D eigenvalue weighted by molar-refractivity contribution is -0.116. The van der Waals surface area contributed by atoms with Gasteiger partial charge in [-0.15, -0.1) is 10.2 Å². The minimum Gasteiger partial charge on any atom is -0.493 e. The summed E-state index contributed by atoms with van der Waals surface area (Å²) in [6, 6.07) is 12.7. The van der Waals surface area contributed by atoms with Crippen molar-refractivity contribution in [3.63, 3.8) is 0 Å². The largest absolute Gasteiger partial charge is 0.493 e. The van der Waals surface area contributed by atoms with E-state index >= 15 is 0 Å². The summed E-state index contributed by atoms with van der Waals surface area (Å²) in [6.07, 6.45) is 4.93. The van der Waals surface area contributed by atoms with Gasteiger partial charge in [-0.2, -0.15) is 5.26 Å². The lowest BCUT2D eigenvalue weighted by Gasteiger charge is -2.08. The third kappa shape index (κ3) is 4.41.